The number of carbonyl (C=O) groups excluding carboxylic acids is 2. The number of hydrogen-bond donors (Lipinski definition) is 2. The molecule has 0 spiro atoms. The van der Waals surface area contributed by atoms with Crippen molar-refractivity contribution in [3.05, 3.63) is 59.4 Å². The van der Waals surface area contributed by atoms with Crippen LogP contribution < -0.4 is 0 Å². The molecule has 2 atom stereocenters. The van der Waals surface area contributed by atoms with Gasteiger partial charge in [0.25, 0.3) is 5.91 Å². The number of piperidine rings is 1. The maximum absolute atomic E-state index is 12.7. The van der Waals surface area contributed by atoms with Crippen LogP contribution in [0.15, 0.2) is 42.7 Å². The van der Waals surface area contributed by atoms with Crippen molar-refractivity contribution in [1.29, 1.82) is 0 Å². The second kappa shape index (κ2) is 7.01. The predicted molar refractivity (Wildman–Crippen MR) is 91.0 cm³/mol. The summed E-state index contributed by atoms with van der Waals surface area (Å²) in [5.41, 5.74) is 1.70. The number of nitrogens with one attached hydrogen (secondary N) is 1. The van der Waals surface area contributed by atoms with Gasteiger partial charge in [-0.1, -0.05) is 19.1 Å². The smallest absolute Gasteiger partial charge is 0.254 e. The van der Waals surface area contributed by atoms with Gasteiger partial charge >= 0.3 is 0 Å². The zero-order valence-electron chi connectivity index (χ0n) is 13.7. The molecule has 2 unspecified atom stereocenters. The molecule has 5 heteroatoms. The van der Waals surface area contributed by atoms with Crippen LogP contribution in [0.1, 0.15) is 46.0 Å². The van der Waals surface area contributed by atoms with Crippen LogP contribution >= 0.6 is 0 Å². The quantitative estimate of drug-likeness (QED) is 0.848. The third-order valence-electron chi connectivity index (χ3n) is 4.82. The topological polar surface area (TPSA) is 73.4 Å². The van der Waals surface area contributed by atoms with Crippen LogP contribution in [0.25, 0.3) is 0 Å². The van der Waals surface area contributed by atoms with E-state index in [9.17, 15) is 14.7 Å². The number of carbonyl (C=O) groups is 2. The number of ketones is 1. The van der Waals surface area contributed by atoms with E-state index in [1.54, 1.807) is 47.6 Å². The number of aliphatic hydroxyl groups excluding tert-OH is 1. The first-order valence-corrected chi connectivity index (χ1v) is 8.31. The van der Waals surface area contributed by atoms with Crippen LogP contribution in [0.5, 0.6) is 0 Å². The Labute approximate surface area is 141 Å². The summed E-state index contributed by atoms with van der Waals surface area (Å²) in [7, 11) is 0. The summed E-state index contributed by atoms with van der Waals surface area (Å²) in [6, 6.07) is 8.34. The van der Waals surface area contributed by atoms with Crippen molar-refractivity contribution >= 4 is 11.7 Å². The van der Waals surface area contributed by atoms with Crippen molar-refractivity contribution in [2.45, 2.75) is 25.8 Å². The first kappa shape index (κ1) is 16.5. The summed E-state index contributed by atoms with van der Waals surface area (Å²) >= 11 is 0. The Morgan fingerprint density at radius 1 is 1.17 bits per heavy atom. The number of hydrogen-bond acceptors (Lipinski definition) is 3. The molecule has 1 aliphatic rings. The van der Waals surface area contributed by atoms with Crippen LogP contribution in [0.2, 0.25) is 0 Å². The van der Waals surface area contributed by atoms with Crippen LogP contribution in [0.3, 0.4) is 0 Å². The van der Waals surface area contributed by atoms with Crippen molar-refractivity contribution in [3.8, 4) is 0 Å². The van der Waals surface area contributed by atoms with Gasteiger partial charge in [0.05, 0.1) is 12.6 Å². The first-order valence-electron chi connectivity index (χ1n) is 8.31. The second-order valence-electron chi connectivity index (χ2n) is 6.37. The van der Waals surface area contributed by atoms with Gasteiger partial charge in [0.2, 0.25) is 0 Å². The van der Waals surface area contributed by atoms with Gasteiger partial charge in [0.15, 0.2) is 5.78 Å². The van der Waals surface area contributed by atoms with E-state index in [4.69, 9.17) is 0 Å². The monoisotopic (exact) mass is 326 g/mol. The van der Waals surface area contributed by atoms with Crippen LogP contribution in [0.4, 0.5) is 0 Å². The van der Waals surface area contributed by atoms with Gasteiger partial charge in [-0.3, -0.25) is 9.59 Å². The predicted octanol–water partition coefficient (Wildman–Crippen LogP) is 2.48. The highest BCUT2D eigenvalue weighted by Crippen LogP contribution is 2.25. The maximum Gasteiger partial charge on any atom is 0.254 e. The summed E-state index contributed by atoms with van der Waals surface area (Å²) < 4.78 is 0. The van der Waals surface area contributed by atoms with E-state index >= 15 is 0 Å². The highest BCUT2D eigenvalue weighted by Gasteiger charge is 2.31. The van der Waals surface area contributed by atoms with Crippen LogP contribution in [-0.2, 0) is 0 Å². The van der Waals surface area contributed by atoms with Gasteiger partial charge in [-0.15, -0.1) is 0 Å². The van der Waals surface area contributed by atoms with Gasteiger partial charge in [-0.05, 0) is 37.0 Å². The Morgan fingerprint density at radius 3 is 2.50 bits per heavy atom. The number of amides is 1. The number of likely N-dealkylation sites (tertiary alicyclic amines) is 1. The molecule has 0 saturated carbocycles. The number of rotatable bonds is 4. The fourth-order valence-electron chi connectivity index (χ4n) is 3.34. The molecule has 1 aromatic heterocycles. The molecule has 1 aromatic carbocycles. The van der Waals surface area contributed by atoms with Crippen molar-refractivity contribution in [2.24, 2.45) is 5.92 Å². The lowest BCUT2D eigenvalue weighted by Crippen LogP contribution is -2.49. The number of H-pyrrole nitrogens is 1. The summed E-state index contributed by atoms with van der Waals surface area (Å²) in [6.07, 6.45) is 5.34. The summed E-state index contributed by atoms with van der Waals surface area (Å²) in [5, 5.41) is 9.61. The maximum atomic E-state index is 12.7. The van der Waals surface area contributed by atoms with Crippen LogP contribution in [-0.4, -0.2) is 45.9 Å². The lowest BCUT2D eigenvalue weighted by atomic mass is 9.90. The van der Waals surface area contributed by atoms with Gasteiger partial charge in [0, 0.05) is 35.6 Å². The number of aromatic amines is 1. The minimum atomic E-state index is -0.132. The molecule has 0 radical (unpaired) electrons. The third kappa shape index (κ3) is 3.12. The molecule has 126 valence electrons. The molecule has 3 rings (SSSR count). The summed E-state index contributed by atoms with van der Waals surface area (Å²) in [6.45, 7) is 2.72. The molecule has 5 nitrogen and oxygen atoms in total. The van der Waals surface area contributed by atoms with E-state index in [1.807, 2.05) is 0 Å². The highest BCUT2D eigenvalue weighted by molar-refractivity contribution is 6.09. The molecule has 1 amide bonds. The average molecular weight is 326 g/mol. The molecule has 1 fully saturated rings. The van der Waals surface area contributed by atoms with Gasteiger partial charge in [0.1, 0.15) is 0 Å². The first-order chi connectivity index (χ1) is 11.6. The molecule has 0 bridgehead atoms. The number of benzene rings is 1. The SMILES string of the molecule is CC1CCCN(C(=O)c2ccc(C(=O)c3cc[nH]c3)cc2)C1CO. The number of aromatic nitrogens is 1. The second-order valence-corrected chi connectivity index (χ2v) is 6.37. The zero-order valence-corrected chi connectivity index (χ0v) is 13.7. The highest BCUT2D eigenvalue weighted by atomic mass is 16.3. The minimum Gasteiger partial charge on any atom is -0.394 e. The van der Waals surface area contributed by atoms with Crippen molar-refractivity contribution in [3.63, 3.8) is 0 Å². The van der Waals surface area contributed by atoms with E-state index in [1.165, 1.54) is 0 Å². The Balaban J connectivity index is 1.77. The van der Waals surface area contributed by atoms with Gasteiger partial charge in [-0.2, -0.15) is 0 Å². The fourth-order valence-corrected chi connectivity index (χ4v) is 3.34. The van der Waals surface area contributed by atoms with E-state index in [0.29, 0.717) is 29.2 Å². The number of aliphatic hydroxyl groups is 1. The van der Waals surface area contributed by atoms with Crippen molar-refractivity contribution in [2.75, 3.05) is 13.2 Å². The standard InChI is InChI=1S/C19H22N2O3/c1-13-3-2-10-21(17(13)12-22)19(24)15-6-4-14(5-7-15)18(23)16-8-9-20-11-16/h4-9,11,13,17,20,22H,2-3,10,12H2,1H3. The molecule has 2 N–H and O–H groups in total. The van der Waals surface area contributed by atoms with Crippen molar-refractivity contribution in [1.82, 2.24) is 9.88 Å². The molecule has 0 aliphatic carbocycles. The largest absolute Gasteiger partial charge is 0.394 e. The van der Waals surface area contributed by atoms with Crippen LogP contribution in [0, 0.1) is 5.92 Å². The average Bonchev–Trinajstić information content (AvgIpc) is 3.15. The summed E-state index contributed by atoms with van der Waals surface area (Å²) in [5.74, 6) is 0.137. The Morgan fingerprint density at radius 2 is 1.88 bits per heavy atom. The lowest BCUT2D eigenvalue weighted by Gasteiger charge is -2.39. The lowest BCUT2D eigenvalue weighted by molar-refractivity contribution is 0.0358. The van der Waals surface area contributed by atoms with Gasteiger partial charge < -0.3 is 15.0 Å². The summed E-state index contributed by atoms with van der Waals surface area (Å²) in [4.78, 5) is 29.7. The normalized spacial score (nSPS) is 20.8. The fraction of sp³-hybridized carbons (Fsp3) is 0.368. The molecule has 1 aliphatic heterocycles. The van der Waals surface area contributed by atoms with Crippen molar-refractivity contribution < 1.29 is 14.7 Å². The van der Waals surface area contributed by atoms with Gasteiger partial charge in [-0.25, -0.2) is 0 Å². The molecular weight excluding hydrogens is 304 g/mol. The van der Waals surface area contributed by atoms with E-state index < -0.39 is 0 Å². The van der Waals surface area contributed by atoms with E-state index in [0.717, 1.165) is 12.8 Å². The molecule has 2 heterocycles. The molecule has 24 heavy (non-hydrogen) atoms. The molecular formula is C19H22N2O3. The minimum absolute atomic E-state index is 0.0169. The molecule has 2 aromatic rings. The molecule has 1 saturated heterocycles. The number of nitrogens with zero attached hydrogens (tertiary/aromatic N) is 1. The van der Waals surface area contributed by atoms with E-state index in [2.05, 4.69) is 11.9 Å². The zero-order chi connectivity index (χ0) is 17.1. The van der Waals surface area contributed by atoms with E-state index in [-0.39, 0.29) is 24.3 Å². The Bertz CT molecular complexity index is 707. The Hall–Kier alpha value is -2.40. The third-order valence-corrected chi connectivity index (χ3v) is 4.82. The Kier molecular flexibility index (Phi) is 4.81.